The lowest BCUT2D eigenvalue weighted by molar-refractivity contribution is -0.143. The number of rotatable bonds is 2. The Morgan fingerprint density at radius 2 is 1.42 bits per heavy atom. The topological polar surface area (TPSA) is 74.7 Å². The third-order valence-corrected chi connectivity index (χ3v) is 5.20. The highest BCUT2D eigenvalue weighted by molar-refractivity contribution is 6.23. The number of amides is 2. The minimum absolute atomic E-state index is 0.198. The zero-order chi connectivity index (χ0) is 16.8. The number of fused-ring (bicyclic) bond motifs is 2. The normalized spacial score (nSPS) is 23.6. The fourth-order valence-electron chi connectivity index (χ4n) is 3.86. The Kier molecular flexibility index (Phi) is 3.37. The standard InChI is InChI=1S/C19H17NO4/c21-17-15-9-12-3-1-2-4-13(12)10-16(15)18(22)20(17)14-7-5-11(6-8-14)19(23)24/h1-4,9-11,14H,5-8H2,(H,23,24). The van der Waals surface area contributed by atoms with Crippen molar-refractivity contribution in [3.63, 3.8) is 0 Å². The van der Waals surface area contributed by atoms with E-state index < -0.39 is 5.97 Å². The Hall–Kier alpha value is -2.69. The van der Waals surface area contributed by atoms with Crippen LogP contribution in [0.3, 0.4) is 0 Å². The minimum Gasteiger partial charge on any atom is -0.481 e. The van der Waals surface area contributed by atoms with Crippen molar-refractivity contribution in [1.29, 1.82) is 0 Å². The number of carboxylic acids is 1. The van der Waals surface area contributed by atoms with Gasteiger partial charge in [0.25, 0.3) is 11.8 Å². The molecule has 5 heteroatoms. The van der Waals surface area contributed by atoms with Crippen molar-refractivity contribution in [3.8, 4) is 0 Å². The van der Waals surface area contributed by atoms with Gasteiger partial charge in [-0.1, -0.05) is 24.3 Å². The summed E-state index contributed by atoms with van der Waals surface area (Å²) in [5.74, 6) is -1.65. The summed E-state index contributed by atoms with van der Waals surface area (Å²) >= 11 is 0. The number of carbonyl (C=O) groups is 3. The van der Waals surface area contributed by atoms with Gasteiger partial charge < -0.3 is 5.11 Å². The van der Waals surface area contributed by atoms with Crippen LogP contribution >= 0.6 is 0 Å². The second kappa shape index (κ2) is 5.44. The lowest BCUT2D eigenvalue weighted by Gasteiger charge is -2.31. The van der Waals surface area contributed by atoms with Crippen LogP contribution in [0, 0.1) is 5.92 Å². The van der Waals surface area contributed by atoms with E-state index in [1.165, 1.54) is 4.90 Å². The summed E-state index contributed by atoms with van der Waals surface area (Å²) in [7, 11) is 0. The van der Waals surface area contributed by atoms with Crippen LogP contribution in [0.15, 0.2) is 36.4 Å². The molecule has 1 aliphatic carbocycles. The van der Waals surface area contributed by atoms with E-state index >= 15 is 0 Å². The summed E-state index contributed by atoms with van der Waals surface area (Å²) in [5, 5.41) is 11.0. The highest BCUT2D eigenvalue weighted by atomic mass is 16.4. The third-order valence-electron chi connectivity index (χ3n) is 5.20. The molecular formula is C19H17NO4. The Labute approximate surface area is 138 Å². The molecule has 4 rings (SSSR count). The molecule has 2 aromatic carbocycles. The highest BCUT2D eigenvalue weighted by Crippen LogP contribution is 2.34. The SMILES string of the molecule is O=C(O)C1CCC(N2C(=O)c3cc4ccccc4cc3C2=O)CC1. The zero-order valence-corrected chi connectivity index (χ0v) is 13.1. The maximum Gasteiger partial charge on any atom is 0.306 e. The van der Waals surface area contributed by atoms with Crippen LogP contribution < -0.4 is 0 Å². The number of aliphatic carboxylic acids is 1. The van der Waals surface area contributed by atoms with Gasteiger partial charge in [-0.15, -0.1) is 0 Å². The van der Waals surface area contributed by atoms with Crippen LogP contribution in [0.4, 0.5) is 0 Å². The molecule has 2 amide bonds. The maximum atomic E-state index is 12.8. The van der Waals surface area contributed by atoms with Gasteiger partial charge in [0.1, 0.15) is 0 Å². The van der Waals surface area contributed by atoms with Crippen molar-refractivity contribution >= 4 is 28.6 Å². The van der Waals surface area contributed by atoms with Gasteiger partial charge in [0, 0.05) is 6.04 Å². The average Bonchev–Trinajstić information content (AvgIpc) is 2.84. The van der Waals surface area contributed by atoms with E-state index in [-0.39, 0.29) is 23.8 Å². The van der Waals surface area contributed by atoms with Gasteiger partial charge in [-0.25, -0.2) is 0 Å². The lowest BCUT2D eigenvalue weighted by Crippen LogP contribution is -2.42. The summed E-state index contributed by atoms with van der Waals surface area (Å²) in [6.07, 6.45) is 2.13. The third kappa shape index (κ3) is 2.19. The van der Waals surface area contributed by atoms with Crippen molar-refractivity contribution < 1.29 is 19.5 Å². The second-order valence-electron chi connectivity index (χ2n) is 6.57. The molecule has 122 valence electrons. The molecule has 1 aliphatic heterocycles. The van der Waals surface area contributed by atoms with Gasteiger partial charge in [0.2, 0.25) is 0 Å². The Bertz CT molecular complexity index is 810. The van der Waals surface area contributed by atoms with E-state index in [0.29, 0.717) is 36.8 Å². The first kappa shape index (κ1) is 14.9. The first-order valence-electron chi connectivity index (χ1n) is 8.20. The van der Waals surface area contributed by atoms with E-state index in [0.717, 1.165) is 10.8 Å². The van der Waals surface area contributed by atoms with Gasteiger partial charge in [0.05, 0.1) is 17.0 Å². The van der Waals surface area contributed by atoms with Gasteiger partial charge in [-0.2, -0.15) is 0 Å². The first-order chi connectivity index (χ1) is 11.6. The molecule has 0 radical (unpaired) electrons. The monoisotopic (exact) mass is 323 g/mol. The van der Waals surface area contributed by atoms with Crippen LogP contribution in [0.1, 0.15) is 46.4 Å². The quantitative estimate of drug-likeness (QED) is 0.862. The van der Waals surface area contributed by atoms with Gasteiger partial charge >= 0.3 is 5.97 Å². The lowest BCUT2D eigenvalue weighted by atomic mass is 9.85. The van der Waals surface area contributed by atoms with Gasteiger partial charge in [-0.05, 0) is 48.6 Å². The molecule has 1 fully saturated rings. The molecule has 1 N–H and O–H groups in total. The number of carboxylic acid groups (broad SMARTS) is 1. The number of hydrogen-bond donors (Lipinski definition) is 1. The van der Waals surface area contributed by atoms with Gasteiger partial charge in [0.15, 0.2) is 0 Å². The largest absolute Gasteiger partial charge is 0.481 e. The van der Waals surface area contributed by atoms with Gasteiger partial charge in [-0.3, -0.25) is 19.3 Å². The highest BCUT2D eigenvalue weighted by Gasteiger charge is 2.41. The van der Waals surface area contributed by atoms with Crippen molar-refractivity contribution in [2.24, 2.45) is 5.92 Å². The fourth-order valence-corrected chi connectivity index (χ4v) is 3.86. The summed E-state index contributed by atoms with van der Waals surface area (Å²) < 4.78 is 0. The van der Waals surface area contributed by atoms with Crippen LogP contribution in [0.25, 0.3) is 10.8 Å². The molecule has 2 aliphatic rings. The number of benzene rings is 2. The molecule has 0 aromatic heterocycles. The smallest absolute Gasteiger partial charge is 0.306 e. The molecule has 0 unspecified atom stereocenters. The molecule has 24 heavy (non-hydrogen) atoms. The van der Waals surface area contributed by atoms with E-state index in [4.69, 9.17) is 5.11 Å². The Morgan fingerprint density at radius 3 is 1.88 bits per heavy atom. The summed E-state index contributed by atoms with van der Waals surface area (Å²) in [5.41, 5.74) is 0.915. The van der Waals surface area contributed by atoms with E-state index in [9.17, 15) is 14.4 Å². The minimum atomic E-state index is -0.790. The Balaban J connectivity index is 1.65. The molecule has 5 nitrogen and oxygen atoms in total. The molecule has 0 atom stereocenters. The molecule has 0 bridgehead atoms. The van der Waals surface area contributed by atoms with E-state index in [2.05, 4.69) is 0 Å². The first-order valence-corrected chi connectivity index (χ1v) is 8.20. The number of hydrogen-bond acceptors (Lipinski definition) is 3. The van der Waals surface area contributed by atoms with Crippen LogP contribution in [-0.4, -0.2) is 33.8 Å². The van der Waals surface area contributed by atoms with Crippen LogP contribution in [0.5, 0.6) is 0 Å². The molecule has 1 heterocycles. The van der Waals surface area contributed by atoms with Crippen molar-refractivity contribution in [1.82, 2.24) is 4.90 Å². The number of imide groups is 1. The summed E-state index contributed by atoms with van der Waals surface area (Å²) in [6, 6.07) is 11.0. The fraction of sp³-hybridized carbons (Fsp3) is 0.316. The molecule has 2 aromatic rings. The molecule has 1 saturated carbocycles. The maximum absolute atomic E-state index is 12.8. The van der Waals surface area contributed by atoms with Crippen LogP contribution in [0.2, 0.25) is 0 Å². The molecule has 0 spiro atoms. The zero-order valence-electron chi connectivity index (χ0n) is 13.1. The summed E-state index contributed by atoms with van der Waals surface area (Å²) in [6.45, 7) is 0. The molecule has 0 saturated heterocycles. The predicted molar refractivity (Wildman–Crippen MR) is 87.8 cm³/mol. The number of nitrogens with zero attached hydrogens (tertiary/aromatic N) is 1. The number of carbonyl (C=O) groups excluding carboxylic acids is 2. The van der Waals surface area contributed by atoms with E-state index in [1.54, 1.807) is 12.1 Å². The van der Waals surface area contributed by atoms with Crippen molar-refractivity contribution in [2.75, 3.05) is 0 Å². The predicted octanol–water partition coefficient (Wildman–Crippen LogP) is 3.08. The van der Waals surface area contributed by atoms with Crippen molar-refractivity contribution in [2.45, 2.75) is 31.7 Å². The summed E-state index contributed by atoms with van der Waals surface area (Å²) in [4.78, 5) is 37.9. The second-order valence-corrected chi connectivity index (χ2v) is 6.57. The van der Waals surface area contributed by atoms with Crippen LogP contribution in [-0.2, 0) is 4.79 Å². The molecular weight excluding hydrogens is 306 g/mol. The van der Waals surface area contributed by atoms with E-state index in [1.807, 2.05) is 24.3 Å². The Morgan fingerprint density at radius 1 is 0.917 bits per heavy atom. The average molecular weight is 323 g/mol. The van der Waals surface area contributed by atoms with Crippen molar-refractivity contribution in [3.05, 3.63) is 47.5 Å².